The molecule has 0 aromatic carbocycles. The average molecular weight is 347 g/mol. The number of carbonyl (C=O) groups excluding carboxylic acids is 1. The van der Waals surface area contributed by atoms with Crippen molar-refractivity contribution in [3.8, 4) is 0 Å². The van der Waals surface area contributed by atoms with Gasteiger partial charge in [-0.3, -0.25) is 9.59 Å². The third kappa shape index (κ3) is 3.64. The third-order valence-electron chi connectivity index (χ3n) is 4.22. The molecule has 1 fully saturated rings. The van der Waals surface area contributed by atoms with Gasteiger partial charge < -0.3 is 10.2 Å². The van der Waals surface area contributed by atoms with E-state index in [4.69, 9.17) is 0 Å². The maximum Gasteiger partial charge on any atom is 0.270 e. The van der Waals surface area contributed by atoms with Gasteiger partial charge in [0.1, 0.15) is 11.5 Å². The van der Waals surface area contributed by atoms with E-state index in [0.717, 1.165) is 36.6 Å². The molecule has 7 nitrogen and oxygen atoms in total. The van der Waals surface area contributed by atoms with Crippen LogP contribution in [0.4, 0.5) is 5.82 Å². The van der Waals surface area contributed by atoms with E-state index < -0.39 is 0 Å². The van der Waals surface area contributed by atoms with Gasteiger partial charge in [0.05, 0.1) is 5.01 Å². The molecule has 3 rings (SSSR count). The molecule has 2 aromatic rings. The van der Waals surface area contributed by atoms with Gasteiger partial charge in [-0.15, -0.1) is 11.3 Å². The van der Waals surface area contributed by atoms with Crippen molar-refractivity contribution in [1.29, 1.82) is 0 Å². The number of thiazole rings is 1. The fourth-order valence-electron chi connectivity index (χ4n) is 2.93. The maximum absolute atomic E-state index is 12.2. The first-order chi connectivity index (χ1) is 11.5. The summed E-state index contributed by atoms with van der Waals surface area (Å²) in [7, 11) is 1.65. The second-order valence-electron chi connectivity index (χ2n) is 5.96. The van der Waals surface area contributed by atoms with Gasteiger partial charge in [0.25, 0.3) is 11.5 Å². The molecule has 24 heavy (non-hydrogen) atoms. The molecule has 1 unspecified atom stereocenters. The van der Waals surface area contributed by atoms with Crippen LogP contribution in [0.1, 0.15) is 34.8 Å². The van der Waals surface area contributed by atoms with Gasteiger partial charge >= 0.3 is 0 Å². The van der Waals surface area contributed by atoms with Crippen LogP contribution in [0.5, 0.6) is 0 Å². The molecule has 1 N–H and O–H groups in total. The van der Waals surface area contributed by atoms with Crippen LogP contribution in [0.3, 0.4) is 0 Å². The topological polar surface area (TPSA) is 80.1 Å². The zero-order valence-electron chi connectivity index (χ0n) is 13.9. The lowest BCUT2D eigenvalue weighted by atomic mass is 10.0. The number of carbonyl (C=O) groups is 1. The number of hydrogen-bond donors (Lipinski definition) is 1. The molecule has 0 bridgehead atoms. The first kappa shape index (κ1) is 16.6. The summed E-state index contributed by atoms with van der Waals surface area (Å²) in [5.41, 5.74) is 0.347. The number of hydrogen-bond acceptors (Lipinski definition) is 6. The lowest BCUT2D eigenvalue weighted by Gasteiger charge is -2.36. The highest BCUT2D eigenvalue weighted by atomic mass is 32.1. The Balaban J connectivity index is 1.69. The first-order valence-electron chi connectivity index (χ1n) is 8.06. The van der Waals surface area contributed by atoms with Crippen LogP contribution in [-0.2, 0) is 7.05 Å². The fourth-order valence-corrected chi connectivity index (χ4v) is 3.52. The van der Waals surface area contributed by atoms with Gasteiger partial charge in [-0.05, 0) is 32.3 Å². The van der Waals surface area contributed by atoms with Crippen molar-refractivity contribution >= 4 is 23.1 Å². The van der Waals surface area contributed by atoms with Crippen molar-refractivity contribution < 1.29 is 4.79 Å². The summed E-state index contributed by atoms with van der Waals surface area (Å²) in [5.74, 6) is 0.638. The first-order valence-corrected chi connectivity index (χ1v) is 8.94. The number of rotatable bonds is 4. The van der Waals surface area contributed by atoms with Crippen molar-refractivity contribution in [3.63, 3.8) is 0 Å². The van der Waals surface area contributed by atoms with Gasteiger partial charge in [0, 0.05) is 37.6 Å². The van der Waals surface area contributed by atoms with Crippen molar-refractivity contribution in [1.82, 2.24) is 20.1 Å². The van der Waals surface area contributed by atoms with Gasteiger partial charge in [-0.2, -0.15) is 5.10 Å². The maximum atomic E-state index is 12.2. The Labute approximate surface area is 144 Å². The monoisotopic (exact) mass is 347 g/mol. The van der Waals surface area contributed by atoms with Crippen molar-refractivity contribution in [2.45, 2.75) is 32.2 Å². The van der Waals surface area contributed by atoms with Crippen LogP contribution in [0, 0.1) is 6.92 Å². The molecule has 1 saturated heterocycles. The van der Waals surface area contributed by atoms with Crippen LogP contribution in [0.15, 0.2) is 22.3 Å². The Kier molecular flexibility index (Phi) is 4.94. The van der Waals surface area contributed by atoms with E-state index in [1.807, 2.05) is 6.92 Å². The van der Waals surface area contributed by atoms with E-state index in [1.54, 1.807) is 18.5 Å². The Morgan fingerprint density at radius 2 is 2.25 bits per heavy atom. The van der Waals surface area contributed by atoms with Crippen LogP contribution in [0.25, 0.3) is 0 Å². The number of nitrogens with zero attached hydrogens (tertiary/aromatic N) is 4. The Morgan fingerprint density at radius 1 is 1.42 bits per heavy atom. The number of aryl methyl sites for hydroxylation is 2. The van der Waals surface area contributed by atoms with E-state index in [0.29, 0.717) is 12.2 Å². The minimum atomic E-state index is -0.140. The van der Waals surface area contributed by atoms with Crippen LogP contribution in [0.2, 0.25) is 0 Å². The molecule has 1 aliphatic rings. The van der Waals surface area contributed by atoms with Crippen LogP contribution in [-0.4, -0.2) is 39.8 Å². The lowest BCUT2D eigenvalue weighted by Crippen LogP contribution is -2.47. The molecule has 1 amide bonds. The highest BCUT2D eigenvalue weighted by Gasteiger charge is 2.25. The normalized spacial score (nSPS) is 17.8. The Bertz CT molecular complexity index is 785. The Morgan fingerprint density at radius 3 is 2.96 bits per heavy atom. The standard InChI is InChI=1S/C16H21N5O2S/c1-11-18-13(10-24-11)16(23)17-9-12-5-3-4-8-21(12)14-6-7-15(22)20(2)19-14/h6-7,10,12H,3-5,8-9H2,1-2H3,(H,17,23). The minimum absolute atomic E-state index is 0.125. The largest absolute Gasteiger partial charge is 0.350 e. The SMILES string of the molecule is Cc1nc(C(=O)NCC2CCCCN2c2ccc(=O)n(C)n2)cs1. The number of nitrogens with one attached hydrogen (secondary N) is 1. The number of amides is 1. The summed E-state index contributed by atoms with van der Waals surface area (Å²) >= 11 is 1.47. The molecule has 3 heterocycles. The molecule has 0 aliphatic carbocycles. The molecular formula is C16H21N5O2S. The van der Waals surface area contributed by atoms with E-state index in [1.165, 1.54) is 22.1 Å². The van der Waals surface area contributed by atoms with Crippen molar-refractivity contribution in [3.05, 3.63) is 38.6 Å². The second-order valence-corrected chi connectivity index (χ2v) is 7.02. The molecule has 0 saturated carbocycles. The molecule has 1 aliphatic heterocycles. The summed E-state index contributed by atoms with van der Waals surface area (Å²) in [6.07, 6.45) is 3.19. The summed E-state index contributed by atoms with van der Waals surface area (Å²) in [4.78, 5) is 30.1. The van der Waals surface area contributed by atoms with E-state index in [9.17, 15) is 9.59 Å². The highest BCUT2D eigenvalue weighted by Crippen LogP contribution is 2.22. The highest BCUT2D eigenvalue weighted by molar-refractivity contribution is 7.09. The van der Waals surface area contributed by atoms with Crippen LogP contribution >= 0.6 is 11.3 Å². The minimum Gasteiger partial charge on any atom is -0.350 e. The third-order valence-corrected chi connectivity index (χ3v) is 4.99. The Hall–Kier alpha value is -2.22. The predicted octanol–water partition coefficient (Wildman–Crippen LogP) is 1.33. The lowest BCUT2D eigenvalue weighted by molar-refractivity contribution is 0.0945. The molecule has 128 valence electrons. The summed E-state index contributed by atoms with van der Waals surface area (Å²) in [6, 6.07) is 3.46. The number of anilines is 1. The number of piperidine rings is 1. The summed E-state index contributed by atoms with van der Waals surface area (Å²) < 4.78 is 1.34. The van der Waals surface area contributed by atoms with Gasteiger partial charge in [-0.25, -0.2) is 9.67 Å². The summed E-state index contributed by atoms with van der Waals surface area (Å²) in [5, 5.41) is 9.98. The van der Waals surface area contributed by atoms with Gasteiger partial charge in [-0.1, -0.05) is 0 Å². The second kappa shape index (κ2) is 7.12. The van der Waals surface area contributed by atoms with Gasteiger partial charge in [0.15, 0.2) is 0 Å². The van der Waals surface area contributed by atoms with E-state index in [2.05, 4.69) is 20.3 Å². The zero-order valence-corrected chi connectivity index (χ0v) is 14.7. The van der Waals surface area contributed by atoms with E-state index in [-0.39, 0.29) is 17.5 Å². The summed E-state index contributed by atoms with van der Waals surface area (Å²) in [6.45, 7) is 3.30. The molecule has 2 aromatic heterocycles. The van der Waals surface area contributed by atoms with Crippen molar-refractivity contribution in [2.75, 3.05) is 18.0 Å². The molecule has 0 spiro atoms. The molecule has 8 heteroatoms. The quantitative estimate of drug-likeness (QED) is 0.903. The smallest absolute Gasteiger partial charge is 0.270 e. The molecule has 1 atom stereocenters. The molecule has 0 radical (unpaired) electrons. The zero-order chi connectivity index (χ0) is 17.1. The van der Waals surface area contributed by atoms with Crippen molar-refractivity contribution in [2.24, 2.45) is 7.05 Å². The van der Waals surface area contributed by atoms with E-state index >= 15 is 0 Å². The molecular weight excluding hydrogens is 326 g/mol. The predicted molar refractivity (Wildman–Crippen MR) is 93.6 cm³/mol. The van der Waals surface area contributed by atoms with Crippen LogP contribution < -0.4 is 15.8 Å². The van der Waals surface area contributed by atoms with Gasteiger partial charge in [0.2, 0.25) is 0 Å². The number of aromatic nitrogens is 3. The average Bonchev–Trinajstić information content (AvgIpc) is 3.02. The fraction of sp³-hybridized carbons (Fsp3) is 0.500.